The Morgan fingerprint density at radius 3 is 2.79 bits per heavy atom. The van der Waals surface area contributed by atoms with E-state index in [-0.39, 0.29) is 0 Å². The standard InChI is InChI=1S/C15H21N3O/c1-12(2)11-19-8-7-16-9-13-10-17-14-5-3-4-6-15(14)18-13/h3-6,10,12,16H,7-9,11H2,1-2H3. The summed E-state index contributed by atoms with van der Waals surface area (Å²) in [6.45, 7) is 7.41. The first-order valence-corrected chi connectivity index (χ1v) is 6.75. The van der Waals surface area contributed by atoms with Gasteiger partial charge >= 0.3 is 0 Å². The molecule has 0 fully saturated rings. The van der Waals surface area contributed by atoms with Gasteiger partial charge in [-0.1, -0.05) is 26.0 Å². The van der Waals surface area contributed by atoms with Gasteiger partial charge in [-0.3, -0.25) is 4.98 Å². The summed E-state index contributed by atoms with van der Waals surface area (Å²) >= 11 is 0. The number of para-hydroxylation sites is 2. The Morgan fingerprint density at radius 1 is 1.21 bits per heavy atom. The molecule has 0 unspecified atom stereocenters. The van der Waals surface area contributed by atoms with E-state index in [2.05, 4.69) is 29.1 Å². The summed E-state index contributed by atoms with van der Waals surface area (Å²) in [6, 6.07) is 7.91. The number of fused-ring (bicyclic) bond motifs is 1. The summed E-state index contributed by atoms with van der Waals surface area (Å²) in [7, 11) is 0. The Kier molecular flexibility index (Phi) is 5.24. The number of nitrogens with zero attached hydrogens (tertiary/aromatic N) is 2. The van der Waals surface area contributed by atoms with E-state index in [1.54, 1.807) is 0 Å². The topological polar surface area (TPSA) is 47.0 Å². The number of nitrogens with one attached hydrogen (secondary N) is 1. The van der Waals surface area contributed by atoms with Crippen LogP contribution in [0.3, 0.4) is 0 Å². The maximum absolute atomic E-state index is 5.50. The predicted molar refractivity (Wildman–Crippen MR) is 76.9 cm³/mol. The van der Waals surface area contributed by atoms with Crippen molar-refractivity contribution in [2.45, 2.75) is 20.4 Å². The molecule has 1 aromatic carbocycles. The zero-order valence-corrected chi connectivity index (χ0v) is 11.6. The maximum Gasteiger partial charge on any atom is 0.0890 e. The first kappa shape index (κ1) is 13.9. The van der Waals surface area contributed by atoms with Gasteiger partial charge in [0, 0.05) is 19.7 Å². The third kappa shape index (κ3) is 4.58. The number of hydrogen-bond acceptors (Lipinski definition) is 4. The minimum atomic E-state index is 0.589. The van der Waals surface area contributed by atoms with Crippen LogP contribution in [0, 0.1) is 5.92 Å². The highest BCUT2D eigenvalue weighted by molar-refractivity contribution is 5.73. The van der Waals surface area contributed by atoms with Crippen LogP contribution in [0.2, 0.25) is 0 Å². The van der Waals surface area contributed by atoms with Gasteiger partial charge < -0.3 is 10.1 Å². The van der Waals surface area contributed by atoms with E-state index in [0.717, 1.165) is 43.0 Å². The van der Waals surface area contributed by atoms with Crippen molar-refractivity contribution in [2.75, 3.05) is 19.8 Å². The summed E-state index contributed by atoms with van der Waals surface area (Å²) in [4.78, 5) is 8.94. The molecule has 102 valence electrons. The zero-order chi connectivity index (χ0) is 13.5. The lowest BCUT2D eigenvalue weighted by Crippen LogP contribution is -2.20. The zero-order valence-electron chi connectivity index (χ0n) is 11.6. The van der Waals surface area contributed by atoms with Crippen LogP contribution in [0.4, 0.5) is 0 Å². The average molecular weight is 259 g/mol. The highest BCUT2D eigenvalue weighted by Crippen LogP contribution is 2.07. The second-order valence-corrected chi connectivity index (χ2v) is 5.00. The Balaban J connectivity index is 1.75. The maximum atomic E-state index is 5.50. The van der Waals surface area contributed by atoms with Crippen LogP contribution in [0.25, 0.3) is 11.0 Å². The minimum absolute atomic E-state index is 0.589. The molecule has 0 amide bonds. The number of aromatic nitrogens is 2. The summed E-state index contributed by atoms with van der Waals surface area (Å²) < 4.78 is 5.50. The van der Waals surface area contributed by atoms with Crippen LogP contribution in [-0.2, 0) is 11.3 Å². The second kappa shape index (κ2) is 7.16. The number of ether oxygens (including phenoxy) is 1. The molecule has 1 aromatic heterocycles. The van der Waals surface area contributed by atoms with Gasteiger partial charge in [-0.05, 0) is 18.1 Å². The molecule has 4 heteroatoms. The Morgan fingerprint density at radius 2 is 2.00 bits per heavy atom. The van der Waals surface area contributed by atoms with E-state index in [0.29, 0.717) is 5.92 Å². The Labute approximate surface area is 114 Å². The number of rotatable bonds is 7. The molecule has 0 aliphatic rings. The van der Waals surface area contributed by atoms with Crippen molar-refractivity contribution in [3.63, 3.8) is 0 Å². The van der Waals surface area contributed by atoms with E-state index in [9.17, 15) is 0 Å². The highest BCUT2D eigenvalue weighted by Gasteiger charge is 1.99. The van der Waals surface area contributed by atoms with Gasteiger partial charge in [0.25, 0.3) is 0 Å². The molecule has 0 saturated heterocycles. The molecule has 0 aliphatic heterocycles. The van der Waals surface area contributed by atoms with Crippen molar-refractivity contribution >= 4 is 11.0 Å². The van der Waals surface area contributed by atoms with Crippen molar-refractivity contribution < 1.29 is 4.74 Å². The lowest BCUT2D eigenvalue weighted by atomic mass is 10.2. The molecule has 2 aromatic rings. The van der Waals surface area contributed by atoms with Crippen molar-refractivity contribution in [3.8, 4) is 0 Å². The number of hydrogen-bond donors (Lipinski definition) is 1. The van der Waals surface area contributed by atoms with Crippen LogP contribution >= 0.6 is 0 Å². The summed E-state index contributed by atoms with van der Waals surface area (Å²) in [5.74, 6) is 0.589. The second-order valence-electron chi connectivity index (χ2n) is 5.00. The lowest BCUT2D eigenvalue weighted by molar-refractivity contribution is 0.111. The molecular weight excluding hydrogens is 238 g/mol. The molecule has 0 spiro atoms. The highest BCUT2D eigenvalue weighted by atomic mass is 16.5. The molecule has 0 atom stereocenters. The van der Waals surface area contributed by atoms with Gasteiger partial charge in [0.1, 0.15) is 0 Å². The summed E-state index contributed by atoms with van der Waals surface area (Å²) in [6.07, 6.45) is 1.82. The largest absolute Gasteiger partial charge is 0.380 e. The molecule has 19 heavy (non-hydrogen) atoms. The molecule has 0 aliphatic carbocycles. The van der Waals surface area contributed by atoms with Gasteiger partial charge in [0.15, 0.2) is 0 Å². The monoisotopic (exact) mass is 259 g/mol. The van der Waals surface area contributed by atoms with E-state index < -0.39 is 0 Å². The van der Waals surface area contributed by atoms with Crippen molar-refractivity contribution in [1.29, 1.82) is 0 Å². The SMILES string of the molecule is CC(C)COCCNCc1cnc2ccccc2n1. The van der Waals surface area contributed by atoms with E-state index in [4.69, 9.17) is 4.74 Å². The van der Waals surface area contributed by atoms with Gasteiger partial charge in [0.05, 0.1) is 29.5 Å². The molecule has 1 heterocycles. The normalized spacial score (nSPS) is 11.3. The first-order valence-electron chi connectivity index (χ1n) is 6.75. The fourth-order valence-corrected chi connectivity index (χ4v) is 1.76. The first-order chi connectivity index (χ1) is 9.25. The average Bonchev–Trinajstić information content (AvgIpc) is 2.42. The van der Waals surface area contributed by atoms with Crippen LogP contribution in [0.5, 0.6) is 0 Å². The van der Waals surface area contributed by atoms with Gasteiger partial charge in [-0.25, -0.2) is 4.98 Å². The predicted octanol–water partition coefficient (Wildman–Crippen LogP) is 2.39. The summed E-state index contributed by atoms with van der Waals surface area (Å²) in [5.41, 5.74) is 2.84. The minimum Gasteiger partial charge on any atom is -0.380 e. The molecule has 0 bridgehead atoms. The smallest absolute Gasteiger partial charge is 0.0890 e. The van der Waals surface area contributed by atoms with Crippen LogP contribution in [0.15, 0.2) is 30.5 Å². The van der Waals surface area contributed by atoms with Crippen molar-refractivity contribution in [3.05, 3.63) is 36.2 Å². The third-order valence-corrected chi connectivity index (χ3v) is 2.68. The van der Waals surface area contributed by atoms with Crippen LogP contribution in [0.1, 0.15) is 19.5 Å². The molecular formula is C15H21N3O. The third-order valence-electron chi connectivity index (χ3n) is 2.68. The number of benzene rings is 1. The van der Waals surface area contributed by atoms with Gasteiger partial charge in [0.2, 0.25) is 0 Å². The molecule has 0 radical (unpaired) electrons. The van der Waals surface area contributed by atoms with Crippen molar-refractivity contribution in [1.82, 2.24) is 15.3 Å². The fourth-order valence-electron chi connectivity index (χ4n) is 1.76. The van der Waals surface area contributed by atoms with E-state index >= 15 is 0 Å². The Bertz CT molecular complexity index is 513. The van der Waals surface area contributed by atoms with Crippen LogP contribution < -0.4 is 5.32 Å². The molecule has 1 N–H and O–H groups in total. The quantitative estimate of drug-likeness (QED) is 0.776. The molecule has 0 saturated carbocycles. The lowest BCUT2D eigenvalue weighted by Gasteiger charge is -2.08. The fraction of sp³-hybridized carbons (Fsp3) is 0.467. The van der Waals surface area contributed by atoms with Gasteiger partial charge in [-0.15, -0.1) is 0 Å². The van der Waals surface area contributed by atoms with Crippen molar-refractivity contribution in [2.24, 2.45) is 5.92 Å². The van der Waals surface area contributed by atoms with E-state index in [1.165, 1.54) is 0 Å². The molecule has 2 rings (SSSR count). The van der Waals surface area contributed by atoms with Gasteiger partial charge in [-0.2, -0.15) is 0 Å². The molecule has 4 nitrogen and oxygen atoms in total. The van der Waals surface area contributed by atoms with E-state index in [1.807, 2.05) is 30.5 Å². The summed E-state index contributed by atoms with van der Waals surface area (Å²) in [5, 5.41) is 3.31. The Hall–Kier alpha value is -1.52. The van der Waals surface area contributed by atoms with Crippen LogP contribution in [-0.4, -0.2) is 29.7 Å².